The molecule has 3 nitrogen and oxygen atoms in total. The maximum atomic E-state index is 11.5. The topological polar surface area (TPSA) is 38.3 Å². The van der Waals surface area contributed by atoms with E-state index in [1.165, 1.54) is 38.5 Å². The summed E-state index contributed by atoms with van der Waals surface area (Å²) in [4.78, 5) is 11.5. The Morgan fingerprint density at radius 1 is 1.07 bits per heavy atom. The predicted molar refractivity (Wildman–Crippen MR) is 58.6 cm³/mol. The van der Waals surface area contributed by atoms with Crippen molar-refractivity contribution >= 4 is 5.97 Å². The molecule has 1 N–H and O–H groups in total. The Hall–Kier alpha value is -0.570. The standard InChI is InChI=1S/C12H21NO2/c14-12(15-11-7-3-4-8-11)9-13-10-5-1-2-6-10/h10-11,13H,1-9H2. The third kappa shape index (κ3) is 3.49. The zero-order chi connectivity index (χ0) is 10.5. The van der Waals surface area contributed by atoms with E-state index >= 15 is 0 Å². The van der Waals surface area contributed by atoms with Crippen LogP contribution < -0.4 is 5.32 Å². The number of carbonyl (C=O) groups is 1. The Morgan fingerprint density at radius 2 is 1.67 bits per heavy atom. The summed E-state index contributed by atoms with van der Waals surface area (Å²) in [5.74, 6) is -0.0613. The van der Waals surface area contributed by atoms with Crippen LogP contribution in [0.3, 0.4) is 0 Å². The van der Waals surface area contributed by atoms with Crippen molar-refractivity contribution < 1.29 is 9.53 Å². The number of esters is 1. The molecule has 86 valence electrons. The van der Waals surface area contributed by atoms with Gasteiger partial charge in [0.25, 0.3) is 0 Å². The van der Waals surface area contributed by atoms with Gasteiger partial charge in [0.1, 0.15) is 6.10 Å². The molecule has 2 aliphatic rings. The summed E-state index contributed by atoms with van der Waals surface area (Å²) >= 11 is 0. The minimum Gasteiger partial charge on any atom is -0.461 e. The molecule has 2 saturated carbocycles. The molecule has 0 aromatic heterocycles. The van der Waals surface area contributed by atoms with E-state index in [1.807, 2.05) is 0 Å². The highest BCUT2D eigenvalue weighted by Crippen LogP contribution is 2.21. The van der Waals surface area contributed by atoms with Crippen LogP contribution in [0.25, 0.3) is 0 Å². The second-order valence-corrected chi connectivity index (χ2v) is 4.76. The van der Waals surface area contributed by atoms with Crippen molar-refractivity contribution in [1.82, 2.24) is 5.32 Å². The van der Waals surface area contributed by atoms with Crippen molar-refractivity contribution in [3.8, 4) is 0 Å². The van der Waals surface area contributed by atoms with Crippen molar-refractivity contribution in [2.45, 2.75) is 63.5 Å². The fourth-order valence-corrected chi connectivity index (χ4v) is 2.59. The molecule has 0 aromatic carbocycles. The lowest BCUT2D eigenvalue weighted by molar-refractivity contribution is -0.147. The zero-order valence-corrected chi connectivity index (χ0v) is 9.34. The molecule has 0 atom stereocenters. The van der Waals surface area contributed by atoms with Crippen LogP contribution in [-0.2, 0) is 9.53 Å². The summed E-state index contributed by atoms with van der Waals surface area (Å²) in [5, 5.41) is 3.28. The Labute approximate surface area is 91.6 Å². The van der Waals surface area contributed by atoms with Crippen LogP contribution >= 0.6 is 0 Å². The first-order valence-corrected chi connectivity index (χ1v) is 6.27. The highest BCUT2D eigenvalue weighted by Gasteiger charge is 2.20. The van der Waals surface area contributed by atoms with E-state index in [4.69, 9.17) is 4.74 Å². The molecule has 0 saturated heterocycles. The molecule has 2 fully saturated rings. The maximum absolute atomic E-state index is 11.5. The highest BCUT2D eigenvalue weighted by atomic mass is 16.5. The summed E-state index contributed by atoms with van der Waals surface area (Å²) in [6, 6.07) is 0.557. The molecule has 15 heavy (non-hydrogen) atoms. The number of ether oxygens (including phenoxy) is 1. The van der Waals surface area contributed by atoms with Crippen molar-refractivity contribution in [2.75, 3.05) is 6.54 Å². The molecule has 2 rings (SSSR count). The van der Waals surface area contributed by atoms with Gasteiger partial charge in [-0.1, -0.05) is 12.8 Å². The summed E-state index contributed by atoms with van der Waals surface area (Å²) in [7, 11) is 0. The predicted octanol–water partition coefficient (Wildman–Crippen LogP) is 2.00. The van der Waals surface area contributed by atoms with Gasteiger partial charge in [-0.3, -0.25) is 4.79 Å². The van der Waals surface area contributed by atoms with Crippen LogP contribution in [0.4, 0.5) is 0 Å². The van der Waals surface area contributed by atoms with E-state index in [0.29, 0.717) is 12.6 Å². The summed E-state index contributed by atoms with van der Waals surface area (Å²) < 4.78 is 5.37. The van der Waals surface area contributed by atoms with E-state index in [0.717, 1.165) is 12.8 Å². The Kier molecular flexibility index (Phi) is 4.01. The van der Waals surface area contributed by atoms with Crippen LogP contribution in [0.5, 0.6) is 0 Å². The molecule has 0 aliphatic heterocycles. The molecule has 0 unspecified atom stereocenters. The van der Waals surface area contributed by atoms with E-state index in [9.17, 15) is 4.79 Å². The van der Waals surface area contributed by atoms with Gasteiger partial charge in [-0.25, -0.2) is 0 Å². The molecular weight excluding hydrogens is 190 g/mol. The lowest BCUT2D eigenvalue weighted by Gasteiger charge is -2.14. The van der Waals surface area contributed by atoms with Gasteiger partial charge in [0.15, 0.2) is 0 Å². The Bertz CT molecular complexity index is 206. The summed E-state index contributed by atoms with van der Waals surface area (Å²) in [5.41, 5.74) is 0. The first-order chi connectivity index (χ1) is 7.34. The third-order valence-corrected chi connectivity index (χ3v) is 3.49. The third-order valence-electron chi connectivity index (χ3n) is 3.49. The van der Waals surface area contributed by atoms with Crippen molar-refractivity contribution in [2.24, 2.45) is 0 Å². The van der Waals surface area contributed by atoms with Gasteiger partial charge in [0.2, 0.25) is 0 Å². The molecular formula is C12H21NO2. The molecule has 0 heterocycles. The lowest BCUT2D eigenvalue weighted by atomic mass is 10.2. The molecule has 0 spiro atoms. The Morgan fingerprint density at radius 3 is 2.33 bits per heavy atom. The monoisotopic (exact) mass is 211 g/mol. The largest absolute Gasteiger partial charge is 0.461 e. The van der Waals surface area contributed by atoms with E-state index in [2.05, 4.69) is 5.32 Å². The summed E-state index contributed by atoms with van der Waals surface area (Å²) in [6.07, 6.45) is 9.81. The molecule has 3 heteroatoms. The van der Waals surface area contributed by atoms with Crippen LogP contribution in [-0.4, -0.2) is 24.7 Å². The molecule has 0 bridgehead atoms. The van der Waals surface area contributed by atoms with Gasteiger partial charge in [0, 0.05) is 6.04 Å². The number of hydrogen-bond acceptors (Lipinski definition) is 3. The average Bonchev–Trinajstić information content (AvgIpc) is 2.86. The highest BCUT2D eigenvalue weighted by molar-refractivity contribution is 5.71. The second-order valence-electron chi connectivity index (χ2n) is 4.76. The normalized spacial score (nSPS) is 23.5. The molecule has 0 aromatic rings. The van der Waals surface area contributed by atoms with Crippen molar-refractivity contribution in [1.29, 1.82) is 0 Å². The first-order valence-electron chi connectivity index (χ1n) is 6.27. The van der Waals surface area contributed by atoms with Crippen LogP contribution in [0.1, 0.15) is 51.4 Å². The molecule has 0 amide bonds. The van der Waals surface area contributed by atoms with E-state index < -0.39 is 0 Å². The summed E-state index contributed by atoms with van der Waals surface area (Å²) in [6.45, 7) is 0.404. The number of nitrogens with one attached hydrogen (secondary N) is 1. The van der Waals surface area contributed by atoms with Crippen LogP contribution in [0.15, 0.2) is 0 Å². The Balaban J connectivity index is 1.59. The quantitative estimate of drug-likeness (QED) is 0.723. The van der Waals surface area contributed by atoms with Gasteiger partial charge < -0.3 is 10.1 Å². The maximum Gasteiger partial charge on any atom is 0.320 e. The number of rotatable bonds is 4. The van der Waals surface area contributed by atoms with Gasteiger partial charge in [-0.15, -0.1) is 0 Å². The van der Waals surface area contributed by atoms with E-state index in [-0.39, 0.29) is 12.1 Å². The van der Waals surface area contributed by atoms with Crippen LogP contribution in [0.2, 0.25) is 0 Å². The van der Waals surface area contributed by atoms with E-state index in [1.54, 1.807) is 0 Å². The van der Waals surface area contributed by atoms with Gasteiger partial charge in [0.05, 0.1) is 6.54 Å². The van der Waals surface area contributed by atoms with Gasteiger partial charge in [-0.2, -0.15) is 0 Å². The molecule has 2 aliphatic carbocycles. The number of carbonyl (C=O) groups excluding carboxylic acids is 1. The average molecular weight is 211 g/mol. The smallest absolute Gasteiger partial charge is 0.320 e. The zero-order valence-electron chi connectivity index (χ0n) is 9.34. The van der Waals surface area contributed by atoms with Gasteiger partial charge in [-0.05, 0) is 38.5 Å². The van der Waals surface area contributed by atoms with Crippen molar-refractivity contribution in [3.63, 3.8) is 0 Å². The SMILES string of the molecule is O=C(CNC1CCCC1)OC1CCCC1. The fraction of sp³-hybridized carbons (Fsp3) is 0.917. The minimum atomic E-state index is -0.0613. The molecule has 0 radical (unpaired) electrons. The number of hydrogen-bond donors (Lipinski definition) is 1. The minimum absolute atomic E-state index is 0.0613. The second kappa shape index (κ2) is 5.50. The lowest BCUT2D eigenvalue weighted by Crippen LogP contribution is -2.33. The van der Waals surface area contributed by atoms with Crippen LogP contribution in [0, 0.1) is 0 Å². The van der Waals surface area contributed by atoms with Crippen molar-refractivity contribution in [3.05, 3.63) is 0 Å². The van der Waals surface area contributed by atoms with Gasteiger partial charge >= 0.3 is 5.97 Å². The first kappa shape index (κ1) is 10.9. The fourth-order valence-electron chi connectivity index (χ4n) is 2.59.